The molecule has 3 aromatic rings. The van der Waals surface area contributed by atoms with Crippen LogP contribution >= 0.6 is 0 Å². The molecule has 3 rings (SSSR count). The number of carbonyl (C=O) groups is 2. The minimum atomic E-state index is -4.19. The van der Waals surface area contributed by atoms with Crippen molar-refractivity contribution in [3.05, 3.63) is 89.0 Å². The summed E-state index contributed by atoms with van der Waals surface area (Å²) in [6, 6.07) is 18.5. The lowest BCUT2D eigenvalue weighted by Crippen LogP contribution is -2.51. The summed E-state index contributed by atoms with van der Waals surface area (Å²) in [6.07, 6.45) is 0. The van der Waals surface area contributed by atoms with Crippen LogP contribution in [0.15, 0.2) is 71.6 Å². The lowest BCUT2D eigenvalue weighted by atomic mass is 10.1. The molecule has 0 saturated carbocycles. The third-order valence-corrected chi connectivity index (χ3v) is 8.59. The standard InChI is InChI=1S/C32H41N3O5S/c1-22(2)19-33-32(37)26(6)34(20-27-13-8-23(3)9-14-27)31(36)21-35(29-18-25(5)12-17-30(29)40-7)41(38,39)28-15-10-24(4)11-16-28/h8-18,22,26H,19-21H2,1-7H3,(H,33,37)/t26-/m0/s1. The van der Waals surface area contributed by atoms with E-state index in [-0.39, 0.29) is 29.0 Å². The van der Waals surface area contributed by atoms with E-state index in [4.69, 9.17) is 4.74 Å². The van der Waals surface area contributed by atoms with Gasteiger partial charge < -0.3 is 15.0 Å². The van der Waals surface area contributed by atoms with E-state index in [2.05, 4.69) is 5.32 Å². The van der Waals surface area contributed by atoms with Crippen molar-refractivity contribution in [2.24, 2.45) is 5.92 Å². The predicted molar refractivity (Wildman–Crippen MR) is 162 cm³/mol. The zero-order valence-corrected chi connectivity index (χ0v) is 25.8. The Labute approximate surface area is 244 Å². The molecule has 8 nitrogen and oxygen atoms in total. The van der Waals surface area contributed by atoms with Crippen LogP contribution in [0.1, 0.15) is 43.0 Å². The Kier molecular flexibility index (Phi) is 10.6. The number of methoxy groups -OCH3 is 1. The Balaban J connectivity index is 2.08. The molecular formula is C32H41N3O5S. The zero-order chi connectivity index (χ0) is 30.3. The molecule has 1 N–H and O–H groups in total. The second kappa shape index (κ2) is 13.7. The highest BCUT2D eigenvalue weighted by Gasteiger charge is 2.34. The maximum atomic E-state index is 14.1. The predicted octanol–water partition coefficient (Wildman–Crippen LogP) is 5.01. The summed E-state index contributed by atoms with van der Waals surface area (Å²) in [5, 5.41) is 2.90. The fourth-order valence-electron chi connectivity index (χ4n) is 4.27. The Hall–Kier alpha value is -3.85. The van der Waals surface area contributed by atoms with Crippen molar-refractivity contribution < 1.29 is 22.7 Å². The van der Waals surface area contributed by atoms with Crippen LogP contribution in [-0.4, -0.2) is 51.4 Å². The third-order valence-electron chi connectivity index (χ3n) is 6.82. The van der Waals surface area contributed by atoms with Gasteiger partial charge in [-0.2, -0.15) is 0 Å². The van der Waals surface area contributed by atoms with Crippen molar-refractivity contribution in [2.45, 2.75) is 59.0 Å². The minimum absolute atomic E-state index is 0.0484. The molecule has 0 unspecified atom stereocenters. The van der Waals surface area contributed by atoms with E-state index in [1.807, 2.05) is 65.0 Å². The van der Waals surface area contributed by atoms with Gasteiger partial charge in [0.25, 0.3) is 10.0 Å². The molecule has 0 aliphatic rings. The molecule has 9 heteroatoms. The fourth-order valence-corrected chi connectivity index (χ4v) is 5.69. The Morgan fingerprint density at radius 3 is 1.98 bits per heavy atom. The first-order valence-corrected chi connectivity index (χ1v) is 15.1. The molecular weight excluding hydrogens is 538 g/mol. The van der Waals surface area contributed by atoms with Crippen LogP contribution in [0.25, 0.3) is 0 Å². The number of nitrogens with one attached hydrogen (secondary N) is 1. The first-order valence-electron chi connectivity index (χ1n) is 13.7. The van der Waals surface area contributed by atoms with Crippen LogP contribution in [0.2, 0.25) is 0 Å². The number of sulfonamides is 1. The highest BCUT2D eigenvalue weighted by atomic mass is 32.2. The van der Waals surface area contributed by atoms with Crippen molar-refractivity contribution >= 4 is 27.5 Å². The van der Waals surface area contributed by atoms with Crippen molar-refractivity contribution in [3.8, 4) is 5.75 Å². The number of nitrogens with zero attached hydrogens (tertiary/aromatic N) is 2. The SMILES string of the molecule is COc1ccc(C)cc1N(CC(=O)N(Cc1ccc(C)cc1)[C@@H](C)C(=O)NCC(C)C)S(=O)(=O)c1ccc(C)cc1. The molecule has 0 saturated heterocycles. The molecule has 41 heavy (non-hydrogen) atoms. The lowest BCUT2D eigenvalue weighted by molar-refractivity contribution is -0.139. The van der Waals surface area contributed by atoms with Crippen molar-refractivity contribution in [1.82, 2.24) is 10.2 Å². The van der Waals surface area contributed by atoms with Gasteiger partial charge in [-0.05, 0) is 69.0 Å². The number of amides is 2. The molecule has 0 spiro atoms. The molecule has 3 aromatic carbocycles. The number of anilines is 1. The van der Waals surface area contributed by atoms with E-state index in [0.717, 1.165) is 26.6 Å². The lowest BCUT2D eigenvalue weighted by Gasteiger charge is -2.32. The van der Waals surface area contributed by atoms with Gasteiger partial charge in [0.2, 0.25) is 11.8 Å². The molecule has 0 aliphatic heterocycles. The summed E-state index contributed by atoms with van der Waals surface area (Å²) in [5.41, 5.74) is 3.85. The number of rotatable bonds is 12. The summed E-state index contributed by atoms with van der Waals surface area (Å²) < 4.78 is 34.8. The van der Waals surface area contributed by atoms with Crippen molar-refractivity contribution in [3.63, 3.8) is 0 Å². The Morgan fingerprint density at radius 2 is 1.41 bits per heavy atom. The zero-order valence-electron chi connectivity index (χ0n) is 25.0. The molecule has 220 valence electrons. The van der Waals surface area contributed by atoms with Gasteiger partial charge in [0, 0.05) is 13.1 Å². The third kappa shape index (κ3) is 8.10. The summed E-state index contributed by atoms with van der Waals surface area (Å²) >= 11 is 0. The molecule has 0 heterocycles. The maximum Gasteiger partial charge on any atom is 0.264 e. The smallest absolute Gasteiger partial charge is 0.264 e. The van der Waals surface area contributed by atoms with E-state index in [1.54, 1.807) is 31.2 Å². The number of hydrogen-bond donors (Lipinski definition) is 1. The summed E-state index contributed by atoms with van der Waals surface area (Å²) in [4.78, 5) is 28.7. The van der Waals surface area contributed by atoms with Gasteiger partial charge in [0.1, 0.15) is 18.3 Å². The van der Waals surface area contributed by atoms with E-state index in [0.29, 0.717) is 12.3 Å². The van der Waals surface area contributed by atoms with Crippen LogP contribution < -0.4 is 14.4 Å². The highest BCUT2D eigenvalue weighted by molar-refractivity contribution is 7.92. The van der Waals surface area contributed by atoms with Crippen molar-refractivity contribution in [1.29, 1.82) is 0 Å². The van der Waals surface area contributed by atoms with Gasteiger partial charge in [-0.15, -0.1) is 0 Å². The molecule has 0 aliphatic carbocycles. The monoisotopic (exact) mass is 579 g/mol. The normalized spacial score (nSPS) is 12.1. The quantitative estimate of drug-likeness (QED) is 0.326. The maximum absolute atomic E-state index is 14.1. The molecule has 0 aromatic heterocycles. The second-order valence-electron chi connectivity index (χ2n) is 10.8. The Morgan fingerprint density at radius 1 is 0.854 bits per heavy atom. The number of ether oxygens (including phenoxy) is 1. The average molecular weight is 580 g/mol. The fraction of sp³-hybridized carbons (Fsp3) is 0.375. The largest absolute Gasteiger partial charge is 0.495 e. The van der Waals surface area contributed by atoms with E-state index < -0.39 is 28.5 Å². The minimum Gasteiger partial charge on any atom is -0.495 e. The number of carbonyl (C=O) groups excluding carboxylic acids is 2. The van der Waals surface area contributed by atoms with Gasteiger partial charge >= 0.3 is 0 Å². The van der Waals surface area contributed by atoms with Crippen LogP contribution in [-0.2, 0) is 26.2 Å². The highest BCUT2D eigenvalue weighted by Crippen LogP contribution is 2.34. The number of benzene rings is 3. The summed E-state index contributed by atoms with van der Waals surface area (Å²) in [7, 11) is -2.73. The first kappa shape index (κ1) is 31.7. The van der Waals surface area contributed by atoms with Crippen LogP contribution in [0.5, 0.6) is 5.75 Å². The van der Waals surface area contributed by atoms with Gasteiger partial charge in [-0.3, -0.25) is 13.9 Å². The van der Waals surface area contributed by atoms with Crippen LogP contribution in [0.4, 0.5) is 5.69 Å². The topological polar surface area (TPSA) is 96.0 Å². The molecule has 1 atom stereocenters. The van der Waals surface area contributed by atoms with E-state index >= 15 is 0 Å². The molecule has 0 bridgehead atoms. The van der Waals surface area contributed by atoms with Gasteiger partial charge in [0.05, 0.1) is 17.7 Å². The second-order valence-corrected chi connectivity index (χ2v) is 12.7. The van der Waals surface area contributed by atoms with Crippen LogP contribution in [0, 0.1) is 26.7 Å². The summed E-state index contributed by atoms with van der Waals surface area (Å²) in [5.74, 6) is -0.277. The van der Waals surface area contributed by atoms with Crippen LogP contribution in [0.3, 0.4) is 0 Å². The van der Waals surface area contributed by atoms with E-state index in [1.165, 1.54) is 24.1 Å². The molecule has 0 radical (unpaired) electrons. The number of hydrogen-bond acceptors (Lipinski definition) is 5. The Bertz CT molecular complexity index is 1450. The molecule has 0 fully saturated rings. The van der Waals surface area contributed by atoms with E-state index in [9.17, 15) is 18.0 Å². The van der Waals surface area contributed by atoms with Gasteiger partial charge in [-0.25, -0.2) is 8.42 Å². The molecule has 2 amide bonds. The first-order chi connectivity index (χ1) is 19.3. The average Bonchev–Trinajstić information content (AvgIpc) is 2.93. The van der Waals surface area contributed by atoms with Gasteiger partial charge in [0.15, 0.2) is 0 Å². The number of aryl methyl sites for hydroxylation is 3. The summed E-state index contributed by atoms with van der Waals surface area (Å²) in [6.45, 7) is 11.4. The van der Waals surface area contributed by atoms with Crippen molar-refractivity contribution in [2.75, 3.05) is 24.5 Å². The van der Waals surface area contributed by atoms with Gasteiger partial charge in [-0.1, -0.05) is 67.4 Å².